The molecule has 0 unspecified atom stereocenters. The van der Waals surface area contributed by atoms with Crippen LogP contribution in [0.1, 0.15) is 0 Å². The van der Waals surface area contributed by atoms with E-state index in [2.05, 4.69) is 0 Å². The van der Waals surface area contributed by atoms with E-state index in [1.807, 2.05) is 0 Å². The predicted octanol–water partition coefficient (Wildman–Crippen LogP) is 3.67. The summed E-state index contributed by atoms with van der Waals surface area (Å²) in [4.78, 5) is 0. The molecule has 0 aliphatic rings. The Balaban J connectivity index is 2.83. The van der Waals surface area contributed by atoms with E-state index in [0.717, 1.165) is 0 Å². The third kappa shape index (κ3) is 1.95. The third-order valence-corrected chi connectivity index (χ3v) is 3.76. The number of furan rings is 1. The summed E-state index contributed by atoms with van der Waals surface area (Å²) in [7, 11) is 1.23. The van der Waals surface area contributed by atoms with Gasteiger partial charge in [0, 0.05) is 22.1 Å². The highest BCUT2D eigenvalue weighted by molar-refractivity contribution is 8.13. The van der Waals surface area contributed by atoms with Gasteiger partial charge >= 0.3 is 0 Å². The van der Waals surface area contributed by atoms with Crippen molar-refractivity contribution >= 4 is 53.9 Å². The number of hydrogen-bond donors (Lipinski definition) is 0. The van der Waals surface area contributed by atoms with E-state index in [1.54, 1.807) is 0 Å². The Morgan fingerprint density at radius 2 is 1.87 bits per heavy atom. The molecule has 0 atom stereocenters. The first-order valence-electron chi connectivity index (χ1n) is 3.72. The molecule has 0 spiro atoms. The molecule has 0 aliphatic heterocycles. The van der Waals surface area contributed by atoms with Gasteiger partial charge in [-0.05, 0) is 12.1 Å². The van der Waals surface area contributed by atoms with Crippen molar-refractivity contribution in [2.75, 3.05) is 0 Å². The van der Waals surface area contributed by atoms with E-state index < -0.39 is 9.05 Å². The summed E-state index contributed by atoms with van der Waals surface area (Å²) in [5.41, 5.74) is 0.323. The monoisotopic (exact) mass is 284 g/mol. The number of hydrogen-bond acceptors (Lipinski definition) is 3. The van der Waals surface area contributed by atoms with Crippen LogP contribution < -0.4 is 0 Å². The van der Waals surface area contributed by atoms with Gasteiger partial charge in [-0.3, -0.25) is 0 Å². The number of fused-ring (bicyclic) bond motifs is 1. The van der Waals surface area contributed by atoms with Gasteiger partial charge in [-0.15, -0.1) is 0 Å². The second-order valence-corrected chi connectivity index (χ2v) is 6.06. The molecule has 1 aromatic heterocycles. The average molecular weight is 286 g/mol. The summed E-state index contributed by atoms with van der Waals surface area (Å²) in [6, 6.07) is 4.28. The fourth-order valence-corrected chi connectivity index (χ4v) is 2.20. The molecule has 7 heteroatoms. The Morgan fingerprint density at radius 3 is 2.47 bits per heavy atom. The lowest BCUT2D eigenvalue weighted by Gasteiger charge is -1.93. The summed E-state index contributed by atoms with van der Waals surface area (Å²) in [5, 5.41) is 0.639. The summed E-state index contributed by atoms with van der Waals surface area (Å²) in [6.45, 7) is 0. The number of halogens is 3. The van der Waals surface area contributed by atoms with E-state index >= 15 is 0 Å². The molecule has 2 aromatic rings. The second kappa shape index (κ2) is 3.56. The normalized spacial score (nSPS) is 12.2. The quantitative estimate of drug-likeness (QED) is 0.751. The molecular formula is C8H3Cl3O3S. The molecule has 1 heterocycles. The minimum absolute atomic E-state index is 0.240. The van der Waals surface area contributed by atoms with Crippen LogP contribution in [-0.2, 0) is 9.05 Å². The zero-order chi connectivity index (χ0) is 11.2. The van der Waals surface area contributed by atoms with Crippen LogP contribution in [0, 0.1) is 0 Å². The number of rotatable bonds is 1. The minimum atomic E-state index is -3.89. The zero-order valence-corrected chi connectivity index (χ0v) is 10.1. The maximum atomic E-state index is 11.0. The first kappa shape index (κ1) is 11.1. The zero-order valence-electron chi connectivity index (χ0n) is 7.00. The van der Waals surface area contributed by atoms with Gasteiger partial charge in [0.15, 0.2) is 0 Å². The highest BCUT2D eigenvalue weighted by Crippen LogP contribution is 2.34. The Morgan fingerprint density at radius 1 is 1.20 bits per heavy atom. The van der Waals surface area contributed by atoms with Crippen LogP contribution in [0.15, 0.2) is 27.7 Å². The van der Waals surface area contributed by atoms with Crippen molar-refractivity contribution in [1.82, 2.24) is 0 Å². The van der Waals surface area contributed by atoms with Gasteiger partial charge in [0.1, 0.15) is 5.58 Å². The minimum Gasteiger partial charge on any atom is -0.443 e. The van der Waals surface area contributed by atoms with E-state index in [1.165, 1.54) is 18.2 Å². The lowest BCUT2D eigenvalue weighted by Crippen LogP contribution is -1.84. The van der Waals surface area contributed by atoms with Crippen LogP contribution in [-0.4, -0.2) is 8.42 Å². The van der Waals surface area contributed by atoms with Crippen LogP contribution in [0.5, 0.6) is 0 Å². The Labute approximate surface area is 99.9 Å². The molecule has 2 rings (SSSR count). The molecule has 15 heavy (non-hydrogen) atoms. The van der Waals surface area contributed by atoms with Crippen LogP contribution in [0.3, 0.4) is 0 Å². The molecule has 0 N–H and O–H groups in total. The molecular weight excluding hydrogens is 283 g/mol. The van der Waals surface area contributed by atoms with E-state index in [4.69, 9.17) is 38.3 Å². The fourth-order valence-electron chi connectivity index (χ4n) is 1.15. The standard InChI is InChI=1S/C8H3Cl3O3S/c9-5-1-2-6-4(8(5)10)3-7(14-6)15(11,12)13/h1-3H. The van der Waals surface area contributed by atoms with Gasteiger partial charge in [0.05, 0.1) is 10.0 Å². The van der Waals surface area contributed by atoms with Gasteiger partial charge in [-0.2, -0.15) is 0 Å². The summed E-state index contributed by atoms with van der Waals surface area (Å²) >= 11 is 11.6. The van der Waals surface area contributed by atoms with Gasteiger partial charge in [0.25, 0.3) is 9.05 Å². The highest BCUT2D eigenvalue weighted by Gasteiger charge is 2.18. The van der Waals surface area contributed by atoms with Gasteiger partial charge in [0.2, 0.25) is 5.09 Å². The van der Waals surface area contributed by atoms with Crippen LogP contribution in [0.2, 0.25) is 10.0 Å². The third-order valence-electron chi connectivity index (χ3n) is 1.81. The summed E-state index contributed by atoms with van der Waals surface area (Å²) in [6.07, 6.45) is 0. The molecule has 0 amide bonds. The van der Waals surface area contributed by atoms with Crippen LogP contribution in [0.25, 0.3) is 11.0 Å². The first-order chi connectivity index (χ1) is 6.89. The van der Waals surface area contributed by atoms with Crippen molar-refractivity contribution in [1.29, 1.82) is 0 Å². The molecule has 3 nitrogen and oxygen atoms in total. The fraction of sp³-hybridized carbons (Fsp3) is 0. The van der Waals surface area contributed by atoms with Crippen LogP contribution >= 0.6 is 33.9 Å². The number of benzene rings is 1. The van der Waals surface area contributed by atoms with Crippen molar-refractivity contribution < 1.29 is 12.8 Å². The van der Waals surface area contributed by atoms with Crippen molar-refractivity contribution in [2.45, 2.75) is 5.09 Å². The molecule has 80 valence electrons. The molecule has 0 aliphatic carbocycles. The molecule has 0 fully saturated rings. The Hall–Kier alpha value is -0.420. The van der Waals surface area contributed by atoms with Gasteiger partial charge < -0.3 is 4.42 Å². The maximum absolute atomic E-state index is 11.0. The topological polar surface area (TPSA) is 47.3 Å². The van der Waals surface area contributed by atoms with Crippen molar-refractivity contribution in [2.24, 2.45) is 0 Å². The first-order valence-corrected chi connectivity index (χ1v) is 6.78. The second-order valence-electron chi connectivity index (χ2n) is 2.78. The van der Waals surface area contributed by atoms with E-state index in [0.29, 0.717) is 16.0 Å². The van der Waals surface area contributed by atoms with Gasteiger partial charge in [-0.25, -0.2) is 8.42 Å². The van der Waals surface area contributed by atoms with E-state index in [9.17, 15) is 8.42 Å². The largest absolute Gasteiger partial charge is 0.443 e. The van der Waals surface area contributed by atoms with Crippen LogP contribution in [0.4, 0.5) is 0 Å². The molecule has 0 bridgehead atoms. The summed E-state index contributed by atoms with van der Waals surface area (Å²) in [5.74, 6) is 0. The van der Waals surface area contributed by atoms with Crippen molar-refractivity contribution in [3.63, 3.8) is 0 Å². The smallest absolute Gasteiger partial charge is 0.294 e. The molecule has 0 saturated heterocycles. The predicted molar refractivity (Wildman–Crippen MR) is 59.3 cm³/mol. The van der Waals surface area contributed by atoms with E-state index in [-0.39, 0.29) is 10.1 Å². The maximum Gasteiger partial charge on any atom is 0.294 e. The highest BCUT2D eigenvalue weighted by atomic mass is 35.7. The Kier molecular flexibility index (Phi) is 2.63. The average Bonchev–Trinajstić information content (AvgIpc) is 2.55. The molecule has 0 radical (unpaired) electrons. The summed E-state index contributed by atoms with van der Waals surface area (Å²) < 4.78 is 27.0. The molecule has 0 saturated carbocycles. The van der Waals surface area contributed by atoms with Gasteiger partial charge in [-0.1, -0.05) is 23.2 Å². The lowest BCUT2D eigenvalue weighted by atomic mass is 10.2. The Bertz CT molecular complexity index is 630. The molecule has 1 aromatic carbocycles. The van der Waals surface area contributed by atoms with Crippen molar-refractivity contribution in [3.8, 4) is 0 Å². The lowest BCUT2D eigenvalue weighted by molar-refractivity contribution is 0.488. The van der Waals surface area contributed by atoms with Crippen molar-refractivity contribution in [3.05, 3.63) is 28.2 Å². The SMILES string of the molecule is O=S(=O)(Cl)c1cc2c(Cl)c(Cl)ccc2o1.